The Morgan fingerprint density at radius 1 is 1.33 bits per heavy atom. The smallest absolute Gasteiger partial charge is 0.0936 e. The minimum absolute atomic E-state index is 0.873. The lowest BCUT2D eigenvalue weighted by atomic mass is 10.1. The molecule has 0 amide bonds. The number of aromatic nitrogens is 2. The lowest BCUT2D eigenvalue weighted by Gasteiger charge is -2.02. The first-order valence-electron chi connectivity index (χ1n) is 4.65. The summed E-state index contributed by atoms with van der Waals surface area (Å²) < 4.78 is 0. The van der Waals surface area contributed by atoms with Crippen molar-refractivity contribution in [2.24, 2.45) is 4.99 Å². The van der Waals surface area contributed by atoms with Gasteiger partial charge >= 0.3 is 0 Å². The summed E-state index contributed by atoms with van der Waals surface area (Å²) in [7, 11) is 1.74. The molecule has 0 aliphatic rings. The molecule has 1 aromatic carbocycles. The molecule has 0 unspecified atom stereocenters. The molecule has 0 atom stereocenters. The van der Waals surface area contributed by atoms with Gasteiger partial charge in [0.2, 0.25) is 0 Å². The molecule has 0 radical (unpaired) electrons. The fraction of sp³-hybridized carbons (Fsp3) is 0.0833. The van der Waals surface area contributed by atoms with Crippen molar-refractivity contribution in [2.45, 2.75) is 0 Å². The van der Waals surface area contributed by atoms with Crippen molar-refractivity contribution in [2.75, 3.05) is 7.05 Å². The summed E-state index contributed by atoms with van der Waals surface area (Å²) in [5.74, 6) is 0. The average Bonchev–Trinajstić information content (AvgIpc) is 2.28. The second-order valence-electron chi connectivity index (χ2n) is 3.16. The van der Waals surface area contributed by atoms with Crippen molar-refractivity contribution in [1.29, 1.82) is 0 Å². The topological polar surface area (TPSA) is 38.1 Å². The fourth-order valence-electron chi connectivity index (χ4n) is 1.50. The lowest BCUT2D eigenvalue weighted by molar-refractivity contribution is 1.08. The van der Waals surface area contributed by atoms with E-state index in [-0.39, 0.29) is 0 Å². The lowest BCUT2D eigenvalue weighted by Crippen LogP contribution is -1.90. The number of fused-ring (bicyclic) bond motifs is 1. The Morgan fingerprint density at radius 2 is 2.20 bits per heavy atom. The van der Waals surface area contributed by atoms with E-state index < -0.39 is 0 Å². The van der Waals surface area contributed by atoms with Crippen molar-refractivity contribution < 1.29 is 0 Å². The van der Waals surface area contributed by atoms with Gasteiger partial charge < -0.3 is 0 Å². The predicted molar refractivity (Wildman–Crippen MR) is 63.1 cm³/mol. The summed E-state index contributed by atoms with van der Waals surface area (Å²) >= 11 is 0. The summed E-state index contributed by atoms with van der Waals surface area (Å²) in [6.07, 6.45) is 5.30. The predicted octanol–water partition coefficient (Wildman–Crippen LogP) is 2.32. The molecule has 15 heavy (non-hydrogen) atoms. The van der Waals surface area contributed by atoms with E-state index in [4.69, 9.17) is 0 Å². The molecule has 3 heteroatoms. The number of rotatable bonds is 2. The van der Waals surface area contributed by atoms with Crippen LogP contribution in [0, 0.1) is 0 Å². The van der Waals surface area contributed by atoms with Gasteiger partial charge in [-0.05, 0) is 23.8 Å². The van der Waals surface area contributed by atoms with Gasteiger partial charge in [-0.1, -0.05) is 12.7 Å². The fourth-order valence-corrected chi connectivity index (χ4v) is 1.50. The largest absolute Gasteiger partial charge is 0.296 e. The van der Waals surface area contributed by atoms with Crippen LogP contribution in [-0.2, 0) is 0 Å². The molecule has 0 bridgehead atoms. The first kappa shape index (κ1) is 9.52. The zero-order valence-electron chi connectivity index (χ0n) is 8.51. The Labute approximate surface area is 88.2 Å². The Hall–Kier alpha value is -2.03. The van der Waals surface area contributed by atoms with Crippen LogP contribution in [0.15, 0.2) is 36.0 Å². The van der Waals surface area contributed by atoms with Crippen molar-refractivity contribution in [3.8, 4) is 0 Å². The van der Waals surface area contributed by atoms with Crippen LogP contribution in [0.2, 0.25) is 0 Å². The number of aliphatic imine (C=N–C) groups is 1. The van der Waals surface area contributed by atoms with Gasteiger partial charge in [0.25, 0.3) is 0 Å². The van der Waals surface area contributed by atoms with E-state index in [1.54, 1.807) is 19.5 Å². The van der Waals surface area contributed by atoms with Crippen LogP contribution >= 0.6 is 0 Å². The van der Waals surface area contributed by atoms with Gasteiger partial charge in [-0.25, -0.2) is 0 Å². The van der Waals surface area contributed by atoms with Crippen molar-refractivity contribution in [3.63, 3.8) is 0 Å². The molecule has 1 aromatic heterocycles. The number of hydrogen-bond acceptors (Lipinski definition) is 3. The number of benzene rings is 1. The second-order valence-corrected chi connectivity index (χ2v) is 3.16. The summed E-state index contributed by atoms with van der Waals surface area (Å²) in [4.78, 5) is 4.00. The Kier molecular flexibility index (Phi) is 2.54. The molecule has 0 aliphatic heterocycles. The van der Waals surface area contributed by atoms with Crippen LogP contribution < -0.4 is 0 Å². The molecule has 0 saturated heterocycles. The van der Waals surface area contributed by atoms with E-state index in [9.17, 15) is 0 Å². The Balaban J connectivity index is 2.74. The summed E-state index contributed by atoms with van der Waals surface area (Å²) in [5.41, 5.74) is 2.94. The van der Waals surface area contributed by atoms with Crippen molar-refractivity contribution in [3.05, 3.63) is 42.1 Å². The van der Waals surface area contributed by atoms with Crippen molar-refractivity contribution >= 4 is 23.2 Å². The number of nitrogens with zero attached hydrogens (tertiary/aromatic N) is 3. The zero-order valence-corrected chi connectivity index (χ0v) is 8.51. The Morgan fingerprint density at radius 3 is 2.93 bits per heavy atom. The van der Waals surface area contributed by atoms with Gasteiger partial charge in [-0.2, -0.15) is 10.2 Å². The molecule has 2 aromatic rings. The van der Waals surface area contributed by atoms with Crippen LogP contribution in [0.3, 0.4) is 0 Å². The molecule has 0 N–H and O–H groups in total. The molecule has 0 aliphatic carbocycles. The van der Waals surface area contributed by atoms with E-state index in [2.05, 4.69) is 21.8 Å². The third-order valence-electron chi connectivity index (χ3n) is 2.21. The number of hydrogen-bond donors (Lipinski definition) is 0. The van der Waals surface area contributed by atoms with Crippen LogP contribution in [0.4, 0.5) is 0 Å². The van der Waals surface area contributed by atoms with Gasteiger partial charge in [0.15, 0.2) is 0 Å². The van der Waals surface area contributed by atoms with Crippen LogP contribution in [-0.4, -0.2) is 23.5 Å². The summed E-state index contributed by atoms with van der Waals surface area (Å²) in [5, 5.41) is 8.97. The van der Waals surface area contributed by atoms with E-state index in [1.165, 1.54) is 0 Å². The minimum Gasteiger partial charge on any atom is -0.296 e. The minimum atomic E-state index is 0.873. The third-order valence-corrected chi connectivity index (χ3v) is 2.21. The molecule has 1 heterocycles. The molecule has 3 nitrogen and oxygen atoms in total. The van der Waals surface area contributed by atoms with Gasteiger partial charge in [-0.3, -0.25) is 4.99 Å². The van der Waals surface area contributed by atoms with Gasteiger partial charge in [0.05, 0.1) is 11.7 Å². The molecular formula is C12H11N3. The van der Waals surface area contributed by atoms with Crippen LogP contribution in [0.1, 0.15) is 11.1 Å². The van der Waals surface area contributed by atoms with Crippen LogP contribution in [0.5, 0.6) is 0 Å². The monoisotopic (exact) mass is 197 g/mol. The molecule has 0 spiro atoms. The van der Waals surface area contributed by atoms with Gasteiger partial charge in [-0.15, -0.1) is 0 Å². The average molecular weight is 197 g/mol. The molecule has 2 rings (SSSR count). The highest BCUT2D eigenvalue weighted by molar-refractivity contribution is 5.93. The van der Waals surface area contributed by atoms with Crippen LogP contribution in [0.25, 0.3) is 17.0 Å². The van der Waals surface area contributed by atoms with E-state index in [1.807, 2.05) is 24.3 Å². The summed E-state index contributed by atoms with van der Waals surface area (Å²) in [6.45, 7) is 3.78. The highest BCUT2D eigenvalue weighted by atomic mass is 15.1. The van der Waals surface area contributed by atoms with E-state index in [0.717, 1.165) is 22.0 Å². The molecular weight excluding hydrogens is 186 g/mol. The van der Waals surface area contributed by atoms with E-state index >= 15 is 0 Å². The second kappa shape index (κ2) is 4.00. The van der Waals surface area contributed by atoms with E-state index in [0.29, 0.717) is 0 Å². The quantitative estimate of drug-likeness (QED) is 0.693. The SMILES string of the molecule is C=Cc1cc2ccnnc2cc1C=NC. The van der Waals surface area contributed by atoms with Gasteiger partial charge in [0.1, 0.15) is 0 Å². The van der Waals surface area contributed by atoms with Gasteiger partial charge in [0, 0.05) is 24.2 Å². The maximum Gasteiger partial charge on any atom is 0.0936 e. The maximum absolute atomic E-state index is 4.05. The first-order valence-corrected chi connectivity index (χ1v) is 4.65. The normalized spacial score (nSPS) is 11.0. The molecule has 0 fully saturated rings. The zero-order chi connectivity index (χ0) is 10.7. The molecule has 74 valence electrons. The highest BCUT2D eigenvalue weighted by Crippen LogP contribution is 2.17. The van der Waals surface area contributed by atoms with Crippen molar-refractivity contribution in [1.82, 2.24) is 10.2 Å². The molecule has 0 saturated carbocycles. The highest BCUT2D eigenvalue weighted by Gasteiger charge is 2.01. The standard InChI is InChI=1S/C12H11N3/c1-3-9-6-10-4-5-14-15-12(10)7-11(9)8-13-2/h3-8H,1H2,2H3. The Bertz CT molecular complexity index is 529. The third kappa shape index (κ3) is 1.76. The maximum atomic E-state index is 4.05. The summed E-state index contributed by atoms with van der Waals surface area (Å²) in [6, 6.07) is 5.93. The first-order chi connectivity index (χ1) is 7.35.